The maximum Gasteiger partial charge on any atom is 0.167 e. The summed E-state index contributed by atoms with van der Waals surface area (Å²) in [4.78, 5) is 5.57. The van der Waals surface area contributed by atoms with Gasteiger partial charge in [0.25, 0.3) is 0 Å². The van der Waals surface area contributed by atoms with Gasteiger partial charge < -0.3 is 10.6 Å². The average molecular weight is 241 g/mol. The molecule has 1 aromatic rings. The van der Waals surface area contributed by atoms with Crippen LogP contribution in [0.25, 0.3) is 0 Å². The summed E-state index contributed by atoms with van der Waals surface area (Å²) in [6, 6.07) is 0.803. The van der Waals surface area contributed by atoms with Crippen molar-refractivity contribution in [3.05, 3.63) is 16.1 Å². The molecule has 0 bridgehead atoms. The highest BCUT2D eigenvalue weighted by molar-refractivity contribution is 7.80. The number of thiocarbonyl (C=S) groups is 1. The molecule has 2 N–H and O–H groups in total. The fourth-order valence-corrected chi connectivity index (χ4v) is 2.41. The number of rotatable bonds is 3. The standard InChI is InChI=1S/C10H15N3S2/c1-6-5-11-9(15-6)7(2)12-10(14)13-8-3-4-8/h5,7-8H,3-4H2,1-2H3,(H2,12,13,14). The summed E-state index contributed by atoms with van der Waals surface area (Å²) in [5.41, 5.74) is 0. The summed E-state index contributed by atoms with van der Waals surface area (Å²) >= 11 is 6.92. The van der Waals surface area contributed by atoms with Crippen LogP contribution in [0, 0.1) is 6.92 Å². The van der Waals surface area contributed by atoms with Gasteiger partial charge in [-0.3, -0.25) is 0 Å². The molecule has 0 radical (unpaired) electrons. The molecule has 15 heavy (non-hydrogen) atoms. The first-order chi connectivity index (χ1) is 7.15. The predicted octanol–water partition coefficient (Wildman–Crippen LogP) is 2.14. The third kappa shape index (κ3) is 3.14. The van der Waals surface area contributed by atoms with Crippen molar-refractivity contribution in [2.24, 2.45) is 0 Å². The highest BCUT2D eigenvalue weighted by atomic mass is 32.1. The number of aryl methyl sites for hydroxylation is 1. The van der Waals surface area contributed by atoms with Gasteiger partial charge in [0.15, 0.2) is 5.11 Å². The van der Waals surface area contributed by atoms with Gasteiger partial charge in [-0.1, -0.05) is 0 Å². The third-order valence-corrected chi connectivity index (χ3v) is 3.60. The zero-order valence-electron chi connectivity index (χ0n) is 8.91. The van der Waals surface area contributed by atoms with Gasteiger partial charge in [0.05, 0.1) is 6.04 Å². The lowest BCUT2D eigenvalue weighted by atomic mass is 10.4. The summed E-state index contributed by atoms with van der Waals surface area (Å²) in [5.74, 6) is 0. The van der Waals surface area contributed by atoms with Crippen LogP contribution in [0.2, 0.25) is 0 Å². The summed E-state index contributed by atoms with van der Waals surface area (Å²) < 4.78 is 0. The lowest BCUT2D eigenvalue weighted by Crippen LogP contribution is -2.37. The molecule has 1 aliphatic carbocycles. The molecule has 5 heteroatoms. The van der Waals surface area contributed by atoms with Crippen LogP contribution in [0.1, 0.15) is 35.7 Å². The molecule has 0 amide bonds. The number of hydrogen-bond donors (Lipinski definition) is 2. The van der Waals surface area contributed by atoms with Crippen molar-refractivity contribution >= 4 is 28.7 Å². The third-order valence-electron chi connectivity index (χ3n) is 2.27. The second-order valence-electron chi connectivity index (χ2n) is 3.92. The topological polar surface area (TPSA) is 37.0 Å². The first kappa shape index (κ1) is 10.8. The van der Waals surface area contributed by atoms with E-state index in [0.29, 0.717) is 6.04 Å². The zero-order valence-corrected chi connectivity index (χ0v) is 10.5. The predicted molar refractivity (Wildman–Crippen MR) is 67.2 cm³/mol. The van der Waals surface area contributed by atoms with E-state index in [1.807, 2.05) is 6.20 Å². The lowest BCUT2D eigenvalue weighted by Gasteiger charge is -2.14. The number of thiazole rings is 1. The average Bonchev–Trinajstić information content (AvgIpc) is 2.85. The van der Waals surface area contributed by atoms with Crippen LogP contribution in [-0.4, -0.2) is 16.1 Å². The highest BCUT2D eigenvalue weighted by Gasteiger charge is 2.22. The summed E-state index contributed by atoms with van der Waals surface area (Å²) in [6.07, 6.45) is 4.38. The van der Waals surface area contributed by atoms with E-state index >= 15 is 0 Å². The van der Waals surface area contributed by atoms with Gasteiger partial charge >= 0.3 is 0 Å². The van der Waals surface area contributed by atoms with Crippen molar-refractivity contribution < 1.29 is 0 Å². The first-order valence-electron chi connectivity index (χ1n) is 5.14. The summed E-state index contributed by atoms with van der Waals surface area (Å²) in [5, 5.41) is 8.35. The molecule has 0 aliphatic heterocycles. The molecule has 1 aromatic heterocycles. The molecular formula is C10H15N3S2. The van der Waals surface area contributed by atoms with E-state index in [-0.39, 0.29) is 6.04 Å². The van der Waals surface area contributed by atoms with E-state index < -0.39 is 0 Å². The van der Waals surface area contributed by atoms with Gasteiger partial charge in [0.2, 0.25) is 0 Å². The maximum atomic E-state index is 5.21. The molecular weight excluding hydrogens is 226 g/mol. The van der Waals surface area contributed by atoms with Crippen LogP contribution in [0.15, 0.2) is 6.20 Å². The molecule has 82 valence electrons. The van der Waals surface area contributed by atoms with Crippen molar-refractivity contribution in [1.82, 2.24) is 15.6 Å². The molecule has 0 spiro atoms. The lowest BCUT2D eigenvalue weighted by molar-refractivity contribution is 0.691. The van der Waals surface area contributed by atoms with Crippen molar-refractivity contribution in [2.45, 2.75) is 38.8 Å². The minimum atomic E-state index is 0.197. The Balaban J connectivity index is 1.85. The summed E-state index contributed by atoms with van der Waals surface area (Å²) in [6.45, 7) is 4.15. The van der Waals surface area contributed by atoms with Crippen LogP contribution in [0.3, 0.4) is 0 Å². The van der Waals surface area contributed by atoms with Crippen molar-refractivity contribution in [3.8, 4) is 0 Å². The second kappa shape index (κ2) is 4.45. The summed E-state index contributed by atoms with van der Waals surface area (Å²) in [7, 11) is 0. The van der Waals surface area contributed by atoms with Crippen LogP contribution < -0.4 is 10.6 Å². The monoisotopic (exact) mass is 241 g/mol. The van der Waals surface area contributed by atoms with Crippen LogP contribution in [-0.2, 0) is 0 Å². The molecule has 1 heterocycles. The fourth-order valence-electron chi connectivity index (χ4n) is 1.29. The van der Waals surface area contributed by atoms with Gasteiger partial charge in [-0.05, 0) is 38.9 Å². The Bertz CT molecular complexity index is 357. The molecule has 1 atom stereocenters. The molecule has 3 nitrogen and oxygen atoms in total. The van der Waals surface area contributed by atoms with Gasteiger partial charge in [-0.15, -0.1) is 11.3 Å². The Labute approximate surface area is 99.3 Å². The SMILES string of the molecule is Cc1cnc(C(C)NC(=S)NC2CC2)s1. The Hall–Kier alpha value is -0.680. The Morgan fingerprint density at radius 2 is 2.40 bits per heavy atom. The van der Waals surface area contributed by atoms with E-state index in [9.17, 15) is 0 Å². The van der Waals surface area contributed by atoms with E-state index in [2.05, 4.69) is 29.5 Å². The Morgan fingerprint density at radius 1 is 1.67 bits per heavy atom. The van der Waals surface area contributed by atoms with Gasteiger partial charge in [-0.2, -0.15) is 0 Å². The van der Waals surface area contributed by atoms with Crippen molar-refractivity contribution in [2.75, 3.05) is 0 Å². The van der Waals surface area contributed by atoms with E-state index in [4.69, 9.17) is 12.2 Å². The second-order valence-corrected chi connectivity index (χ2v) is 5.60. The largest absolute Gasteiger partial charge is 0.360 e. The molecule has 1 saturated carbocycles. The minimum Gasteiger partial charge on any atom is -0.360 e. The molecule has 0 aromatic carbocycles. The fraction of sp³-hybridized carbons (Fsp3) is 0.600. The van der Waals surface area contributed by atoms with Gasteiger partial charge in [-0.25, -0.2) is 4.98 Å². The van der Waals surface area contributed by atoms with Gasteiger partial charge in [0, 0.05) is 17.1 Å². The number of nitrogens with zero attached hydrogens (tertiary/aromatic N) is 1. The van der Waals surface area contributed by atoms with Crippen LogP contribution >= 0.6 is 23.6 Å². The first-order valence-corrected chi connectivity index (χ1v) is 6.37. The Morgan fingerprint density at radius 3 is 2.93 bits per heavy atom. The minimum absolute atomic E-state index is 0.197. The molecule has 2 rings (SSSR count). The van der Waals surface area contributed by atoms with Crippen molar-refractivity contribution in [3.63, 3.8) is 0 Å². The maximum absolute atomic E-state index is 5.21. The van der Waals surface area contributed by atoms with E-state index in [1.54, 1.807) is 11.3 Å². The quantitative estimate of drug-likeness (QED) is 0.795. The van der Waals surface area contributed by atoms with Crippen LogP contribution in [0.4, 0.5) is 0 Å². The highest BCUT2D eigenvalue weighted by Crippen LogP contribution is 2.20. The van der Waals surface area contributed by atoms with E-state index in [0.717, 1.165) is 10.1 Å². The Kier molecular flexibility index (Phi) is 3.21. The molecule has 1 aliphatic rings. The van der Waals surface area contributed by atoms with Crippen molar-refractivity contribution in [1.29, 1.82) is 0 Å². The molecule has 0 saturated heterocycles. The van der Waals surface area contributed by atoms with E-state index in [1.165, 1.54) is 17.7 Å². The number of aromatic nitrogens is 1. The smallest absolute Gasteiger partial charge is 0.167 e. The normalized spacial score (nSPS) is 17.2. The molecule has 1 unspecified atom stereocenters. The van der Waals surface area contributed by atoms with Gasteiger partial charge in [0.1, 0.15) is 5.01 Å². The van der Waals surface area contributed by atoms with Crippen LogP contribution in [0.5, 0.6) is 0 Å². The number of nitrogens with one attached hydrogen (secondary N) is 2. The number of hydrogen-bond acceptors (Lipinski definition) is 3. The zero-order chi connectivity index (χ0) is 10.8. The molecule has 1 fully saturated rings.